The topological polar surface area (TPSA) is 41.9 Å². The Morgan fingerprint density at radius 2 is 1.90 bits per heavy atom. The summed E-state index contributed by atoms with van der Waals surface area (Å²) in [5, 5.41) is 10.1. The first-order chi connectivity index (χ1) is 9.26. The molecule has 0 aliphatic heterocycles. The second-order valence-corrected chi connectivity index (χ2v) is 4.44. The number of benzene rings is 1. The van der Waals surface area contributed by atoms with Gasteiger partial charge in [-0.1, -0.05) is 0 Å². The van der Waals surface area contributed by atoms with E-state index in [9.17, 15) is 18.3 Å². The van der Waals surface area contributed by atoms with Gasteiger partial charge in [-0.05, 0) is 25.2 Å². The van der Waals surface area contributed by atoms with Gasteiger partial charge in [0.15, 0.2) is 0 Å². The van der Waals surface area contributed by atoms with Crippen LogP contribution in [0.25, 0.3) is 0 Å². The summed E-state index contributed by atoms with van der Waals surface area (Å²) < 4.78 is 46.9. The average Bonchev–Trinajstić information content (AvgIpc) is 2.35. The van der Waals surface area contributed by atoms with Gasteiger partial charge in [0.05, 0.1) is 26.9 Å². The molecule has 0 fully saturated rings. The van der Waals surface area contributed by atoms with Crippen LogP contribution in [0.15, 0.2) is 18.2 Å². The molecule has 0 aliphatic rings. The number of rotatable bonds is 6. The van der Waals surface area contributed by atoms with E-state index in [1.165, 1.54) is 21.3 Å². The highest BCUT2D eigenvalue weighted by atomic mass is 19.4. The van der Waals surface area contributed by atoms with Crippen LogP contribution in [0.3, 0.4) is 0 Å². The van der Waals surface area contributed by atoms with Crippen LogP contribution in [-0.2, 0) is 0 Å². The summed E-state index contributed by atoms with van der Waals surface area (Å²) in [5.41, 5.74) is 0.390. The number of aliphatic hydroxyl groups is 1. The zero-order valence-corrected chi connectivity index (χ0v) is 11.6. The predicted molar refractivity (Wildman–Crippen MR) is 68.1 cm³/mol. The first-order valence-electron chi connectivity index (χ1n) is 5.92. The third-order valence-corrected chi connectivity index (χ3v) is 2.73. The molecule has 114 valence electrons. The van der Waals surface area contributed by atoms with E-state index in [2.05, 4.69) is 0 Å². The quantitative estimate of drug-likeness (QED) is 0.873. The van der Waals surface area contributed by atoms with Crippen LogP contribution in [-0.4, -0.2) is 50.5 Å². The molecule has 7 heteroatoms. The Morgan fingerprint density at radius 3 is 2.40 bits per heavy atom. The van der Waals surface area contributed by atoms with Crippen LogP contribution >= 0.6 is 0 Å². The molecular formula is C13H18F3NO3. The van der Waals surface area contributed by atoms with Crippen LogP contribution in [0.1, 0.15) is 11.7 Å². The highest BCUT2D eigenvalue weighted by Crippen LogP contribution is 2.30. The molecule has 0 spiro atoms. The van der Waals surface area contributed by atoms with Gasteiger partial charge in [0.2, 0.25) is 0 Å². The summed E-state index contributed by atoms with van der Waals surface area (Å²) >= 11 is 0. The molecule has 1 aromatic rings. The fourth-order valence-electron chi connectivity index (χ4n) is 1.86. The zero-order chi connectivity index (χ0) is 15.3. The van der Waals surface area contributed by atoms with Gasteiger partial charge in [-0.2, -0.15) is 13.2 Å². The van der Waals surface area contributed by atoms with E-state index >= 15 is 0 Å². The van der Waals surface area contributed by atoms with E-state index in [1.54, 1.807) is 18.2 Å². The van der Waals surface area contributed by atoms with Crippen molar-refractivity contribution in [2.45, 2.75) is 12.3 Å². The fourth-order valence-corrected chi connectivity index (χ4v) is 1.86. The van der Waals surface area contributed by atoms with Crippen molar-refractivity contribution >= 4 is 0 Å². The van der Waals surface area contributed by atoms with Crippen LogP contribution in [0, 0.1) is 0 Å². The maximum Gasteiger partial charge on any atom is 0.401 e. The summed E-state index contributed by atoms with van der Waals surface area (Å²) in [7, 11) is 4.19. The average molecular weight is 293 g/mol. The Morgan fingerprint density at radius 1 is 1.25 bits per heavy atom. The molecule has 0 bridgehead atoms. The van der Waals surface area contributed by atoms with E-state index in [0.29, 0.717) is 17.1 Å². The third-order valence-electron chi connectivity index (χ3n) is 2.73. The lowest BCUT2D eigenvalue weighted by atomic mass is 10.1. The Hall–Kier alpha value is -1.47. The SMILES string of the molecule is COc1ccc(OC)c(C(O)CN(C)CC(F)(F)F)c1. The van der Waals surface area contributed by atoms with Crippen LogP contribution < -0.4 is 9.47 Å². The van der Waals surface area contributed by atoms with Gasteiger partial charge in [-0.15, -0.1) is 0 Å². The van der Waals surface area contributed by atoms with Crippen molar-refractivity contribution in [1.82, 2.24) is 4.90 Å². The number of likely N-dealkylation sites (N-methyl/N-ethyl adjacent to an activating group) is 1. The van der Waals surface area contributed by atoms with Gasteiger partial charge >= 0.3 is 6.18 Å². The Kier molecular flexibility index (Phi) is 5.64. The summed E-state index contributed by atoms with van der Waals surface area (Å²) in [6.45, 7) is -1.25. The molecule has 0 heterocycles. The van der Waals surface area contributed by atoms with E-state index in [0.717, 1.165) is 4.90 Å². The molecule has 0 saturated carbocycles. The first kappa shape index (κ1) is 16.6. The van der Waals surface area contributed by atoms with Crippen molar-refractivity contribution in [1.29, 1.82) is 0 Å². The molecular weight excluding hydrogens is 275 g/mol. The molecule has 4 nitrogen and oxygen atoms in total. The zero-order valence-electron chi connectivity index (χ0n) is 11.6. The molecule has 0 amide bonds. The number of hydrogen-bond acceptors (Lipinski definition) is 4. The molecule has 0 saturated heterocycles. The second-order valence-electron chi connectivity index (χ2n) is 4.44. The number of nitrogens with zero attached hydrogens (tertiary/aromatic N) is 1. The largest absolute Gasteiger partial charge is 0.497 e. The molecule has 0 aromatic heterocycles. The lowest BCUT2D eigenvalue weighted by molar-refractivity contribution is -0.145. The minimum Gasteiger partial charge on any atom is -0.497 e. The highest BCUT2D eigenvalue weighted by Gasteiger charge is 2.30. The van der Waals surface area contributed by atoms with Crippen molar-refractivity contribution in [3.63, 3.8) is 0 Å². The van der Waals surface area contributed by atoms with Crippen LogP contribution in [0.5, 0.6) is 11.5 Å². The minimum absolute atomic E-state index is 0.164. The Bertz CT molecular complexity index is 437. The van der Waals surface area contributed by atoms with E-state index in [-0.39, 0.29) is 6.54 Å². The van der Waals surface area contributed by atoms with Gasteiger partial charge in [-0.3, -0.25) is 4.90 Å². The van der Waals surface area contributed by atoms with Crippen molar-refractivity contribution in [2.24, 2.45) is 0 Å². The lowest BCUT2D eigenvalue weighted by Gasteiger charge is -2.23. The number of ether oxygens (including phenoxy) is 2. The van der Waals surface area contributed by atoms with Gasteiger partial charge in [0, 0.05) is 12.1 Å². The van der Waals surface area contributed by atoms with E-state index in [4.69, 9.17) is 9.47 Å². The van der Waals surface area contributed by atoms with Crippen LogP contribution in [0.4, 0.5) is 13.2 Å². The summed E-state index contributed by atoms with van der Waals surface area (Å²) in [4.78, 5) is 1.00. The van der Waals surface area contributed by atoms with Crippen molar-refractivity contribution < 1.29 is 27.8 Å². The first-order valence-corrected chi connectivity index (χ1v) is 5.92. The van der Waals surface area contributed by atoms with Gasteiger partial charge < -0.3 is 14.6 Å². The summed E-state index contributed by atoms with van der Waals surface area (Å²) in [5.74, 6) is 0.900. The maximum atomic E-state index is 12.3. The maximum absolute atomic E-state index is 12.3. The molecule has 0 aliphatic carbocycles. The normalized spacial score (nSPS) is 13.4. The number of halogens is 3. The Balaban J connectivity index is 2.82. The van der Waals surface area contributed by atoms with E-state index < -0.39 is 18.8 Å². The molecule has 1 rings (SSSR count). The molecule has 0 radical (unpaired) electrons. The number of methoxy groups -OCH3 is 2. The fraction of sp³-hybridized carbons (Fsp3) is 0.538. The predicted octanol–water partition coefficient (Wildman–Crippen LogP) is 2.23. The van der Waals surface area contributed by atoms with Gasteiger partial charge in [0.1, 0.15) is 11.5 Å². The molecule has 20 heavy (non-hydrogen) atoms. The molecule has 1 aromatic carbocycles. The van der Waals surface area contributed by atoms with Gasteiger partial charge in [0.25, 0.3) is 0 Å². The van der Waals surface area contributed by atoms with Gasteiger partial charge in [-0.25, -0.2) is 0 Å². The summed E-state index contributed by atoms with van der Waals surface area (Å²) in [6, 6.07) is 4.79. The number of alkyl halides is 3. The molecule has 1 N–H and O–H groups in total. The van der Waals surface area contributed by atoms with Crippen molar-refractivity contribution in [3.05, 3.63) is 23.8 Å². The number of aliphatic hydroxyl groups excluding tert-OH is 1. The number of hydrogen-bond donors (Lipinski definition) is 1. The smallest absolute Gasteiger partial charge is 0.401 e. The standard InChI is InChI=1S/C13H18F3NO3/c1-17(8-13(14,15)16)7-11(18)10-6-9(19-2)4-5-12(10)20-3/h4-6,11,18H,7-8H2,1-3H3. The monoisotopic (exact) mass is 293 g/mol. The molecule has 1 unspecified atom stereocenters. The van der Waals surface area contributed by atoms with E-state index in [1.807, 2.05) is 0 Å². The minimum atomic E-state index is -4.30. The summed E-state index contributed by atoms with van der Waals surface area (Å²) in [6.07, 6.45) is -5.40. The highest BCUT2D eigenvalue weighted by molar-refractivity contribution is 5.41. The lowest BCUT2D eigenvalue weighted by Crippen LogP contribution is -2.34. The van der Waals surface area contributed by atoms with Crippen molar-refractivity contribution in [3.8, 4) is 11.5 Å². The molecule has 1 atom stereocenters. The third kappa shape index (κ3) is 4.90. The Labute approximate surface area is 115 Å². The van der Waals surface area contributed by atoms with Crippen molar-refractivity contribution in [2.75, 3.05) is 34.4 Å². The second kappa shape index (κ2) is 6.81. The van der Waals surface area contributed by atoms with Crippen LogP contribution in [0.2, 0.25) is 0 Å².